The van der Waals surface area contributed by atoms with E-state index >= 15 is 0 Å². The molecular formula is C27H37NO4. The van der Waals surface area contributed by atoms with Crippen LogP contribution in [-0.4, -0.2) is 58.7 Å². The maximum Gasteiger partial charge on any atom is 0.166 e. The molecule has 2 fully saturated rings. The largest absolute Gasteiger partial charge is 0.504 e. The number of unbranched alkanes of at least 4 members (excludes halogenated alkanes) is 1. The van der Waals surface area contributed by atoms with Gasteiger partial charge in [0.05, 0.1) is 11.0 Å². The second-order valence-electron chi connectivity index (χ2n) is 11.5. The van der Waals surface area contributed by atoms with Crippen LogP contribution in [0.3, 0.4) is 0 Å². The molecule has 7 rings (SSSR count). The third kappa shape index (κ3) is 1.93. The number of aromatic hydroxyl groups is 1. The number of likely N-dealkylation sites (N-methyl/N-ethyl adjacent to an activating group) is 1. The van der Waals surface area contributed by atoms with Crippen LogP contribution in [0, 0.1) is 11.3 Å². The molecule has 6 aliphatic rings. The zero-order valence-corrected chi connectivity index (χ0v) is 20.1. The molecule has 174 valence electrons. The van der Waals surface area contributed by atoms with Crippen molar-refractivity contribution in [3.05, 3.63) is 35.4 Å². The Bertz CT molecular complexity index is 1020. The van der Waals surface area contributed by atoms with E-state index in [1.807, 2.05) is 6.92 Å². The second-order valence-corrected chi connectivity index (χ2v) is 11.5. The molecule has 7 atom stereocenters. The van der Waals surface area contributed by atoms with Crippen molar-refractivity contribution < 1.29 is 19.7 Å². The number of aliphatic hydroxyl groups is 1. The summed E-state index contributed by atoms with van der Waals surface area (Å²) in [5.74, 6) is 0.777. The van der Waals surface area contributed by atoms with Crippen LogP contribution in [0.25, 0.3) is 0 Å². The van der Waals surface area contributed by atoms with Gasteiger partial charge in [-0.25, -0.2) is 0 Å². The van der Waals surface area contributed by atoms with Crippen molar-refractivity contribution in [1.82, 2.24) is 4.90 Å². The van der Waals surface area contributed by atoms with E-state index in [4.69, 9.17) is 9.47 Å². The summed E-state index contributed by atoms with van der Waals surface area (Å²) in [5, 5.41) is 22.8. The van der Waals surface area contributed by atoms with Gasteiger partial charge in [0.25, 0.3) is 0 Å². The summed E-state index contributed by atoms with van der Waals surface area (Å²) >= 11 is 0. The van der Waals surface area contributed by atoms with Crippen molar-refractivity contribution in [2.24, 2.45) is 11.3 Å². The molecule has 1 saturated heterocycles. The lowest BCUT2D eigenvalue weighted by Crippen LogP contribution is -2.85. The van der Waals surface area contributed by atoms with Gasteiger partial charge in [0.15, 0.2) is 11.5 Å². The van der Waals surface area contributed by atoms with Gasteiger partial charge in [-0.15, -0.1) is 0 Å². The van der Waals surface area contributed by atoms with Crippen LogP contribution < -0.4 is 4.74 Å². The van der Waals surface area contributed by atoms with Crippen LogP contribution in [0.4, 0.5) is 0 Å². The Morgan fingerprint density at radius 3 is 2.81 bits per heavy atom. The first kappa shape index (κ1) is 21.0. The highest BCUT2D eigenvalue weighted by Gasteiger charge is 2.85. The average molecular weight is 440 g/mol. The van der Waals surface area contributed by atoms with Crippen molar-refractivity contribution in [2.45, 2.75) is 87.6 Å². The number of ether oxygens (including phenoxy) is 2. The number of methoxy groups -OCH3 is 1. The number of nitrogens with zero attached hydrogens (tertiary/aromatic N) is 1. The summed E-state index contributed by atoms with van der Waals surface area (Å²) in [6, 6.07) is 4.23. The molecule has 2 spiro atoms. The molecule has 5 heteroatoms. The van der Waals surface area contributed by atoms with Gasteiger partial charge in [-0.2, -0.15) is 0 Å². The predicted molar refractivity (Wildman–Crippen MR) is 123 cm³/mol. The van der Waals surface area contributed by atoms with Crippen molar-refractivity contribution in [3.63, 3.8) is 0 Å². The van der Waals surface area contributed by atoms with Crippen LogP contribution in [0.1, 0.15) is 64.0 Å². The van der Waals surface area contributed by atoms with Crippen LogP contribution >= 0.6 is 0 Å². The number of hydrogen-bond acceptors (Lipinski definition) is 5. The summed E-state index contributed by atoms with van der Waals surface area (Å²) in [5.41, 5.74) is -0.290. The van der Waals surface area contributed by atoms with Crippen molar-refractivity contribution in [2.75, 3.05) is 20.7 Å². The number of piperidine rings is 1. The van der Waals surface area contributed by atoms with Crippen LogP contribution in [-0.2, 0) is 16.6 Å². The van der Waals surface area contributed by atoms with Gasteiger partial charge in [-0.05, 0) is 64.8 Å². The maximum atomic E-state index is 11.9. The minimum Gasteiger partial charge on any atom is -0.504 e. The lowest BCUT2D eigenvalue weighted by Gasteiger charge is -2.75. The highest BCUT2D eigenvalue weighted by Crippen LogP contribution is 2.79. The minimum absolute atomic E-state index is 0.0957. The molecule has 0 radical (unpaired) electrons. The van der Waals surface area contributed by atoms with E-state index in [1.54, 1.807) is 13.2 Å². The van der Waals surface area contributed by atoms with Crippen LogP contribution in [0.5, 0.6) is 11.5 Å². The maximum absolute atomic E-state index is 11.9. The van der Waals surface area contributed by atoms with E-state index in [-0.39, 0.29) is 22.5 Å². The Morgan fingerprint density at radius 2 is 2.09 bits per heavy atom. The SMILES string of the molecule is CCCC[C@](C)(O)[C@H]1C[C@@]23C=C[C@@]1(OC)[C@@]1(C)Oc4c(O)ccc5c4[C@@]12CCN(C)[C@H]3C5. The Morgan fingerprint density at radius 1 is 1.31 bits per heavy atom. The monoisotopic (exact) mass is 439 g/mol. The second kappa shape index (κ2) is 6.11. The van der Waals surface area contributed by atoms with Gasteiger partial charge in [-0.1, -0.05) is 38.0 Å². The molecule has 0 unspecified atom stereocenters. The summed E-state index contributed by atoms with van der Waals surface area (Å²) in [4.78, 5) is 2.52. The normalized spacial score (nSPS) is 44.8. The zero-order valence-electron chi connectivity index (χ0n) is 20.1. The number of rotatable bonds is 5. The molecule has 1 saturated carbocycles. The quantitative estimate of drug-likeness (QED) is 0.681. The smallest absolute Gasteiger partial charge is 0.166 e. The molecule has 0 aromatic heterocycles. The molecule has 2 heterocycles. The third-order valence-corrected chi connectivity index (χ3v) is 10.5. The number of hydrogen-bond donors (Lipinski definition) is 2. The van der Waals surface area contributed by atoms with E-state index in [2.05, 4.69) is 44.0 Å². The van der Waals surface area contributed by atoms with Gasteiger partial charge in [0, 0.05) is 30.0 Å². The van der Waals surface area contributed by atoms with E-state index in [9.17, 15) is 10.2 Å². The molecule has 1 aromatic rings. The standard InChI is InChI=1S/C27H37NO4/c1-6-7-10-23(2,30)19-16-25-11-12-27(19,31-5)24(3)26(25)13-14-28(4)20(25)15-17-8-9-18(29)22(32-24)21(17)26/h8-9,11-12,19-20,29-30H,6-7,10,13-16H2,1-5H3/t19-,20+,23+,24+,25-,26+,27+/m1/s1. The number of phenols is 1. The van der Waals surface area contributed by atoms with Gasteiger partial charge in [-0.3, -0.25) is 0 Å². The molecule has 0 amide bonds. The first-order valence-corrected chi connectivity index (χ1v) is 12.4. The van der Waals surface area contributed by atoms with Crippen LogP contribution in [0.15, 0.2) is 24.3 Å². The predicted octanol–water partition coefficient (Wildman–Crippen LogP) is 3.94. The molecule has 5 nitrogen and oxygen atoms in total. The highest BCUT2D eigenvalue weighted by molar-refractivity contribution is 5.67. The molecule has 1 aromatic carbocycles. The molecular weight excluding hydrogens is 402 g/mol. The van der Waals surface area contributed by atoms with Gasteiger partial charge < -0.3 is 24.6 Å². The van der Waals surface area contributed by atoms with E-state index in [0.717, 1.165) is 45.1 Å². The lowest BCUT2D eigenvalue weighted by atomic mass is 9.32. The highest BCUT2D eigenvalue weighted by atomic mass is 16.6. The topological polar surface area (TPSA) is 62.2 Å². The van der Waals surface area contributed by atoms with Crippen molar-refractivity contribution in [1.29, 1.82) is 0 Å². The molecule has 4 bridgehead atoms. The summed E-state index contributed by atoms with van der Waals surface area (Å²) in [6.45, 7) is 7.37. The Balaban J connectivity index is 1.66. The number of benzene rings is 1. The summed E-state index contributed by atoms with van der Waals surface area (Å²) < 4.78 is 13.4. The van der Waals surface area contributed by atoms with E-state index < -0.39 is 16.8 Å². The molecule has 32 heavy (non-hydrogen) atoms. The number of fused-ring (bicyclic) bond motifs is 1. The van der Waals surface area contributed by atoms with Gasteiger partial charge >= 0.3 is 0 Å². The first-order chi connectivity index (χ1) is 15.1. The van der Waals surface area contributed by atoms with Gasteiger partial charge in [0.1, 0.15) is 11.2 Å². The van der Waals surface area contributed by atoms with Crippen LogP contribution in [0.2, 0.25) is 0 Å². The van der Waals surface area contributed by atoms with Crippen molar-refractivity contribution >= 4 is 0 Å². The molecule has 2 N–H and O–H groups in total. The summed E-state index contributed by atoms with van der Waals surface area (Å²) in [6.07, 6.45) is 10.2. The zero-order chi connectivity index (χ0) is 22.7. The summed E-state index contributed by atoms with van der Waals surface area (Å²) in [7, 11) is 4.02. The molecule has 4 aliphatic carbocycles. The van der Waals surface area contributed by atoms with E-state index in [1.165, 1.54) is 11.1 Å². The average Bonchev–Trinajstić information content (AvgIpc) is 3.07. The minimum atomic E-state index is -0.873. The third-order valence-electron chi connectivity index (χ3n) is 10.5. The number of phenolic OH excluding ortho intramolecular Hbond substituents is 1. The Kier molecular flexibility index (Phi) is 4.01. The fourth-order valence-corrected chi connectivity index (χ4v) is 9.09. The fourth-order valence-electron chi connectivity index (χ4n) is 9.09. The lowest BCUT2D eigenvalue weighted by molar-refractivity contribution is -0.286. The fraction of sp³-hybridized carbons (Fsp3) is 0.704. The van der Waals surface area contributed by atoms with Gasteiger partial charge in [0.2, 0.25) is 0 Å². The van der Waals surface area contributed by atoms with Crippen molar-refractivity contribution in [3.8, 4) is 11.5 Å². The molecule has 2 aliphatic heterocycles. The van der Waals surface area contributed by atoms with E-state index in [0.29, 0.717) is 11.8 Å². The Hall–Kier alpha value is -1.56. The first-order valence-electron chi connectivity index (χ1n) is 12.4. The Labute approximate surface area is 191 Å². The number of likely N-dealkylation sites (tertiary alicyclic amines) is 1.